The van der Waals surface area contributed by atoms with Crippen LogP contribution in [0.4, 0.5) is 15.8 Å². The first-order valence-electron chi connectivity index (χ1n) is 11.7. The van der Waals surface area contributed by atoms with Gasteiger partial charge in [0.05, 0.1) is 12.4 Å². The van der Waals surface area contributed by atoms with Crippen LogP contribution in [0.15, 0.2) is 69.5 Å². The Morgan fingerprint density at radius 3 is 2.67 bits per heavy atom. The summed E-state index contributed by atoms with van der Waals surface area (Å²) in [6, 6.07) is 13.3. The van der Waals surface area contributed by atoms with Gasteiger partial charge >= 0.3 is 0 Å². The first-order chi connectivity index (χ1) is 17.4. The molecule has 2 aromatic carbocycles. The van der Waals surface area contributed by atoms with Crippen LogP contribution in [0.5, 0.6) is 11.5 Å². The maximum absolute atomic E-state index is 13.4. The third kappa shape index (κ3) is 6.47. The zero-order valence-electron chi connectivity index (χ0n) is 20.1. The zero-order valence-corrected chi connectivity index (χ0v) is 20.1. The van der Waals surface area contributed by atoms with Gasteiger partial charge in [0, 0.05) is 17.8 Å². The Morgan fingerprint density at radius 1 is 1.22 bits per heavy atom. The standard InChI is InChI=1S/C26H28BFN6O2/c1-29-24-22(27)15-30-26(35)23(24)25(32-16-31-18-10-12-34(2)13-11-18)33-19-6-8-20(9-7-19)36-21-5-3-4-17(28)14-21/h3-9,14-15,18,31H,1,10-13,16H2,2H3,(H,30,35)(H,32,33). The lowest BCUT2D eigenvalue weighted by Crippen LogP contribution is -2.41. The number of likely N-dealkylation sites (tertiary alicyclic amines) is 1. The Balaban J connectivity index is 1.55. The van der Waals surface area contributed by atoms with Gasteiger partial charge in [0.1, 0.15) is 36.6 Å². The summed E-state index contributed by atoms with van der Waals surface area (Å²) < 4.78 is 19.1. The van der Waals surface area contributed by atoms with Crippen molar-refractivity contribution in [1.82, 2.24) is 15.2 Å². The minimum absolute atomic E-state index is 0.204. The monoisotopic (exact) mass is 486 g/mol. The summed E-state index contributed by atoms with van der Waals surface area (Å²) in [5, 5.41) is 6.65. The van der Waals surface area contributed by atoms with E-state index in [1.54, 1.807) is 36.4 Å². The molecular weight excluding hydrogens is 458 g/mol. The molecule has 0 saturated carbocycles. The molecular formula is C26H28BFN6O2. The van der Waals surface area contributed by atoms with Gasteiger partial charge in [-0.1, -0.05) is 11.5 Å². The molecule has 184 valence electrons. The van der Waals surface area contributed by atoms with Crippen molar-refractivity contribution < 1.29 is 9.13 Å². The minimum atomic E-state index is -0.386. The van der Waals surface area contributed by atoms with E-state index in [1.165, 1.54) is 18.3 Å². The number of nitrogens with zero attached hydrogens (tertiary/aromatic N) is 3. The number of aromatic nitrogens is 1. The third-order valence-electron chi connectivity index (χ3n) is 5.98. The van der Waals surface area contributed by atoms with Crippen molar-refractivity contribution in [1.29, 1.82) is 0 Å². The molecule has 0 unspecified atom stereocenters. The smallest absolute Gasteiger partial charge is 0.261 e. The van der Waals surface area contributed by atoms with Crippen molar-refractivity contribution in [2.45, 2.75) is 18.9 Å². The Hall–Kier alpha value is -3.76. The first-order valence-corrected chi connectivity index (χ1v) is 11.7. The van der Waals surface area contributed by atoms with E-state index in [-0.39, 0.29) is 28.1 Å². The van der Waals surface area contributed by atoms with Crippen molar-refractivity contribution in [2.24, 2.45) is 9.98 Å². The number of halogens is 1. The molecule has 1 saturated heterocycles. The van der Waals surface area contributed by atoms with E-state index in [1.807, 2.05) is 0 Å². The number of nitrogens with one attached hydrogen (secondary N) is 3. The van der Waals surface area contributed by atoms with E-state index in [0.717, 1.165) is 25.9 Å². The van der Waals surface area contributed by atoms with Crippen LogP contribution in [0.1, 0.15) is 18.4 Å². The molecule has 36 heavy (non-hydrogen) atoms. The maximum Gasteiger partial charge on any atom is 0.261 e. The third-order valence-corrected chi connectivity index (χ3v) is 5.98. The van der Waals surface area contributed by atoms with Gasteiger partial charge in [0.2, 0.25) is 0 Å². The number of benzene rings is 2. The highest BCUT2D eigenvalue weighted by Gasteiger charge is 2.18. The number of aliphatic imine (C=N–C) groups is 2. The summed E-state index contributed by atoms with van der Waals surface area (Å²) >= 11 is 0. The van der Waals surface area contributed by atoms with Crippen molar-refractivity contribution in [3.63, 3.8) is 0 Å². The van der Waals surface area contributed by atoms with Crippen molar-refractivity contribution in [3.05, 3.63) is 76.5 Å². The molecule has 10 heteroatoms. The summed E-state index contributed by atoms with van der Waals surface area (Å²) in [6.07, 6.45) is 3.45. The zero-order chi connectivity index (χ0) is 25.5. The molecule has 4 rings (SSSR count). The Morgan fingerprint density at radius 2 is 1.97 bits per heavy atom. The lowest BCUT2D eigenvalue weighted by molar-refractivity contribution is 0.236. The largest absolute Gasteiger partial charge is 0.457 e. The number of anilines is 1. The number of amidine groups is 1. The Labute approximate surface area is 210 Å². The van der Waals surface area contributed by atoms with E-state index in [4.69, 9.17) is 12.6 Å². The van der Waals surface area contributed by atoms with Crippen LogP contribution in [-0.2, 0) is 0 Å². The highest BCUT2D eigenvalue weighted by Crippen LogP contribution is 2.24. The van der Waals surface area contributed by atoms with Crippen LogP contribution in [0.2, 0.25) is 0 Å². The van der Waals surface area contributed by atoms with Crippen molar-refractivity contribution in [2.75, 3.05) is 32.1 Å². The molecule has 0 spiro atoms. The first kappa shape index (κ1) is 25.3. The van der Waals surface area contributed by atoms with Gasteiger partial charge in [-0.2, -0.15) is 0 Å². The van der Waals surface area contributed by atoms with Gasteiger partial charge in [-0.15, -0.1) is 0 Å². The van der Waals surface area contributed by atoms with Gasteiger partial charge in [-0.3, -0.25) is 20.1 Å². The molecule has 1 aliphatic heterocycles. The highest BCUT2D eigenvalue weighted by atomic mass is 19.1. The topological polar surface area (TPSA) is 94.1 Å². The second-order valence-corrected chi connectivity index (χ2v) is 8.61. The van der Waals surface area contributed by atoms with Crippen LogP contribution in [0.3, 0.4) is 0 Å². The molecule has 8 nitrogen and oxygen atoms in total. The number of piperidine rings is 1. The molecule has 1 fully saturated rings. The van der Waals surface area contributed by atoms with Crippen LogP contribution in [-0.4, -0.2) is 63.1 Å². The van der Waals surface area contributed by atoms with E-state index < -0.39 is 0 Å². The van der Waals surface area contributed by atoms with E-state index in [2.05, 4.69) is 44.3 Å². The fourth-order valence-electron chi connectivity index (χ4n) is 3.98. The summed E-state index contributed by atoms with van der Waals surface area (Å²) in [7, 11) is 8.16. The predicted octanol–water partition coefficient (Wildman–Crippen LogP) is 2.93. The molecule has 0 bridgehead atoms. The SMILES string of the molecule is [B]c1c[nH]c(=O)c(/C(=N\CNC2CCN(C)CC2)Nc2ccc(Oc3cccc(F)c3)cc2)c1N=C. The number of rotatable bonds is 8. The van der Waals surface area contributed by atoms with E-state index in [0.29, 0.717) is 35.7 Å². The number of hydrogen-bond acceptors (Lipinski definition) is 6. The van der Waals surface area contributed by atoms with E-state index in [9.17, 15) is 9.18 Å². The van der Waals surface area contributed by atoms with Crippen LogP contribution < -0.4 is 26.4 Å². The van der Waals surface area contributed by atoms with Gasteiger partial charge in [0.25, 0.3) is 5.56 Å². The fraction of sp³-hybridized carbons (Fsp3) is 0.269. The normalized spacial score (nSPS) is 15.0. The maximum atomic E-state index is 13.4. The quantitative estimate of drug-likeness (QED) is 0.259. The summed E-state index contributed by atoms with van der Waals surface area (Å²) in [6.45, 7) is 5.93. The molecule has 2 radical (unpaired) electrons. The lowest BCUT2D eigenvalue weighted by Gasteiger charge is -2.29. The Kier molecular flexibility index (Phi) is 8.30. The summed E-state index contributed by atoms with van der Waals surface area (Å²) in [5.74, 6) is 0.861. The number of aromatic amines is 1. The van der Waals surface area contributed by atoms with Crippen LogP contribution in [0.25, 0.3) is 0 Å². The fourth-order valence-corrected chi connectivity index (χ4v) is 3.98. The number of pyridine rings is 1. The van der Waals surface area contributed by atoms with Gasteiger partial charge in [-0.25, -0.2) is 4.39 Å². The number of ether oxygens (including phenoxy) is 1. The number of hydrogen-bond donors (Lipinski definition) is 3. The van der Waals surface area contributed by atoms with Gasteiger partial charge < -0.3 is 19.9 Å². The highest BCUT2D eigenvalue weighted by molar-refractivity contribution is 6.36. The van der Waals surface area contributed by atoms with Crippen molar-refractivity contribution in [3.8, 4) is 11.5 Å². The predicted molar refractivity (Wildman–Crippen MR) is 143 cm³/mol. The van der Waals surface area contributed by atoms with Gasteiger partial charge in [0.15, 0.2) is 0 Å². The van der Waals surface area contributed by atoms with E-state index >= 15 is 0 Å². The molecule has 0 amide bonds. The van der Waals surface area contributed by atoms with Crippen LogP contribution >= 0.6 is 0 Å². The van der Waals surface area contributed by atoms with Gasteiger partial charge in [-0.05, 0) is 82.3 Å². The van der Waals surface area contributed by atoms with Crippen LogP contribution in [0, 0.1) is 5.82 Å². The molecule has 1 aliphatic rings. The summed E-state index contributed by atoms with van der Waals surface area (Å²) in [5.41, 5.74) is 1.03. The number of H-pyrrole nitrogens is 1. The molecule has 2 heterocycles. The molecule has 1 aromatic heterocycles. The average Bonchev–Trinajstić information content (AvgIpc) is 2.87. The molecule has 0 aliphatic carbocycles. The second kappa shape index (κ2) is 11.8. The summed E-state index contributed by atoms with van der Waals surface area (Å²) in [4.78, 5) is 26.3. The molecule has 3 N–H and O–H groups in total. The minimum Gasteiger partial charge on any atom is -0.457 e. The molecule has 0 atom stereocenters. The lowest BCUT2D eigenvalue weighted by atomic mass is 9.94. The molecule has 3 aromatic rings. The second-order valence-electron chi connectivity index (χ2n) is 8.61. The Bertz CT molecular complexity index is 1290. The average molecular weight is 486 g/mol. The van der Waals surface area contributed by atoms with Crippen molar-refractivity contribution >= 4 is 37.2 Å².